The van der Waals surface area contributed by atoms with Crippen LogP contribution in [-0.4, -0.2) is 49.7 Å². The Morgan fingerprint density at radius 3 is 2.35 bits per heavy atom. The lowest BCUT2D eigenvalue weighted by Gasteiger charge is -2.37. The van der Waals surface area contributed by atoms with Crippen LogP contribution in [0.25, 0.3) is 0 Å². The van der Waals surface area contributed by atoms with Gasteiger partial charge in [0.05, 0.1) is 11.7 Å². The molecular weight excluding hydrogens is 524 g/mol. The van der Waals surface area contributed by atoms with E-state index in [0.29, 0.717) is 67.6 Å². The van der Waals surface area contributed by atoms with Gasteiger partial charge < -0.3 is 20.9 Å². The highest BCUT2D eigenvalue weighted by Crippen LogP contribution is 2.34. The number of piperazine rings is 1. The molecule has 0 radical (unpaired) electrons. The van der Waals surface area contributed by atoms with Crippen molar-refractivity contribution in [1.29, 1.82) is 0 Å². The van der Waals surface area contributed by atoms with Crippen molar-refractivity contribution in [3.05, 3.63) is 63.1 Å². The van der Waals surface area contributed by atoms with Crippen molar-refractivity contribution in [2.45, 2.75) is 51.9 Å². The molecule has 5 nitrogen and oxygen atoms in total. The summed E-state index contributed by atoms with van der Waals surface area (Å²) < 4.78 is 40.3. The van der Waals surface area contributed by atoms with Crippen molar-refractivity contribution in [2.24, 2.45) is 11.7 Å². The number of aryl methyl sites for hydroxylation is 2. The number of nitrogens with one attached hydrogen (secondary N) is 1. The molecule has 2 unspecified atom stereocenters. The Morgan fingerprint density at radius 2 is 1.73 bits per heavy atom. The Kier molecular flexibility index (Phi) is 10.5. The third-order valence-corrected chi connectivity index (χ3v) is 7.28. The van der Waals surface area contributed by atoms with Crippen LogP contribution in [0.5, 0.6) is 0 Å². The number of carbonyl (C=O) groups is 1. The van der Waals surface area contributed by atoms with Crippen molar-refractivity contribution in [3.63, 3.8) is 0 Å². The first-order valence-corrected chi connectivity index (χ1v) is 13.4. The van der Waals surface area contributed by atoms with E-state index in [4.69, 9.17) is 28.9 Å². The Hall–Kier alpha value is -2.00. The Balaban J connectivity index is 1.62. The molecule has 2 atom stereocenters. The van der Waals surface area contributed by atoms with Gasteiger partial charge in [-0.15, -0.1) is 0 Å². The molecule has 0 aromatic heterocycles. The average Bonchev–Trinajstić information content (AvgIpc) is 2.85. The van der Waals surface area contributed by atoms with E-state index in [0.717, 1.165) is 23.7 Å². The van der Waals surface area contributed by atoms with Gasteiger partial charge in [0.15, 0.2) is 0 Å². The maximum absolute atomic E-state index is 13.4. The summed E-state index contributed by atoms with van der Waals surface area (Å²) in [5.41, 5.74) is 7.47. The fraction of sp³-hybridized carbons (Fsp3) is 0.519. The molecule has 204 valence electrons. The lowest BCUT2D eigenvalue weighted by molar-refractivity contribution is -0.137. The molecule has 1 amide bonds. The Bertz CT molecular complexity index is 1060. The molecule has 1 heterocycles. The molecule has 1 aliphatic heterocycles. The monoisotopic (exact) mass is 558 g/mol. The molecule has 3 rings (SSSR count). The van der Waals surface area contributed by atoms with Crippen molar-refractivity contribution in [3.8, 4) is 0 Å². The lowest BCUT2D eigenvalue weighted by Crippen LogP contribution is -2.49. The third-order valence-electron chi connectivity index (χ3n) is 6.70. The van der Waals surface area contributed by atoms with Crippen LogP contribution >= 0.6 is 23.2 Å². The maximum atomic E-state index is 13.4. The highest BCUT2D eigenvalue weighted by atomic mass is 35.5. The summed E-state index contributed by atoms with van der Waals surface area (Å²) in [6.45, 7) is 6.78. The van der Waals surface area contributed by atoms with Gasteiger partial charge >= 0.3 is 6.18 Å². The first kappa shape index (κ1) is 29.6. The van der Waals surface area contributed by atoms with Gasteiger partial charge in [0, 0.05) is 48.3 Å². The van der Waals surface area contributed by atoms with E-state index in [-0.39, 0.29) is 18.0 Å². The van der Waals surface area contributed by atoms with E-state index in [9.17, 15) is 18.0 Å². The molecule has 0 saturated carbocycles. The minimum absolute atomic E-state index is 0.0359. The molecule has 1 fully saturated rings. The molecule has 2 aromatic carbocycles. The van der Waals surface area contributed by atoms with E-state index in [1.165, 1.54) is 6.07 Å². The van der Waals surface area contributed by atoms with E-state index in [1.807, 2.05) is 17.9 Å². The molecule has 0 aliphatic carbocycles. The van der Waals surface area contributed by atoms with Gasteiger partial charge in [-0.1, -0.05) is 36.2 Å². The van der Waals surface area contributed by atoms with Gasteiger partial charge in [0.1, 0.15) is 0 Å². The predicted molar refractivity (Wildman–Crippen MR) is 144 cm³/mol. The van der Waals surface area contributed by atoms with Gasteiger partial charge in [-0.3, -0.25) is 4.79 Å². The number of alkyl halides is 3. The first-order valence-electron chi connectivity index (χ1n) is 12.6. The van der Waals surface area contributed by atoms with Crippen LogP contribution in [0.4, 0.5) is 18.9 Å². The molecule has 1 aliphatic rings. The van der Waals surface area contributed by atoms with Crippen LogP contribution in [-0.2, 0) is 23.8 Å². The number of halogens is 5. The van der Waals surface area contributed by atoms with Crippen molar-refractivity contribution in [2.75, 3.05) is 37.6 Å². The summed E-state index contributed by atoms with van der Waals surface area (Å²) in [6.07, 6.45) is -2.40. The topological polar surface area (TPSA) is 61.6 Å². The van der Waals surface area contributed by atoms with Gasteiger partial charge in [-0.25, -0.2) is 0 Å². The number of nitrogens with two attached hydrogens (primary N) is 1. The lowest BCUT2D eigenvalue weighted by atomic mass is 9.97. The van der Waals surface area contributed by atoms with Crippen LogP contribution < -0.4 is 16.0 Å². The molecule has 37 heavy (non-hydrogen) atoms. The number of rotatable bonds is 10. The molecule has 2 aromatic rings. The van der Waals surface area contributed by atoms with Gasteiger partial charge in [-0.2, -0.15) is 13.2 Å². The minimum Gasteiger partial charge on any atom is -0.368 e. The second-order valence-electron chi connectivity index (χ2n) is 9.79. The molecule has 0 spiro atoms. The van der Waals surface area contributed by atoms with E-state index < -0.39 is 11.7 Å². The Morgan fingerprint density at radius 1 is 1.03 bits per heavy atom. The number of hydrogen-bond donors (Lipinski definition) is 2. The standard InChI is InChI=1S/C27H35Cl2F3N4O/c1-18(17-34-19(2)33)3-4-21-15-22(27(30,31)32)7-9-25(21)35-11-13-36(14-12-35)26(37)10-6-20-5-8-23(28)16-24(20)29/h5,7-9,15-16,18-19,34H,3-4,6,10-14,17,33H2,1-2H3. The number of amides is 1. The van der Waals surface area contributed by atoms with Crippen molar-refractivity contribution < 1.29 is 18.0 Å². The number of nitrogens with zero attached hydrogens (tertiary/aromatic N) is 2. The zero-order valence-electron chi connectivity index (χ0n) is 21.3. The van der Waals surface area contributed by atoms with E-state index >= 15 is 0 Å². The predicted octanol–water partition coefficient (Wildman–Crippen LogP) is 5.76. The summed E-state index contributed by atoms with van der Waals surface area (Å²) in [7, 11) is 0. The molecule has 1 saturated heterocycles. The first-order chi connectivity index (χ1) is 17.4. The summed E-state index contributed by atoms with van der Waals surface area (Å²) in [5.74, 6) is 0.297. The quantitative estimate of drug-likeness (QED) is 0.364. The highest BCUT2D eigenvalue weighted by molar-refractivity contribution is 6.35. The average molecular weight is 560 g/mol. The van der Waals surface area contributed by atoms with E-state index in [2.05, 4.69) is 17.1 Å². The van der Waals surface area contributed by atoms with Crippen LogP contribution in [0.2, 0.25) is 10.0 Å². The molecular formula is C27H35Cl2F3N4O. The summed E-state index contributed by atoms with van der Waals surface area (Å²) in [4.78, 5) is 16.7. The van der Waals surface area contributed by atoms with Crippen molar-refractivity contribution >= 4 is 34.8 Å². The minimum atomic E-state index is -4.40. The number of anilines is 1. The zero-order chi connectivity index (χ0) is 27.2. The Labute approximate surface area is 227 Å². The number of benzene rings is 2. The summed E-state index contributed by atoms with van der Waals surface area (Å²) in [5, 5.41) is 4.27. The van der Waals surface area contributed by atoms with Crippen molar-refractivity contribution in [1.82, 2.24) is 10.2 Å². The summed E-state index contributed by atoms with van der Waals surface area (Å²) in [6, 6.07) is 9.24. The number of hydrogen-bond acceptors (Lipinski definition) is 4. The van der Waals surface area contributed by atoms with Crippen LogP contribution in [0, 0.1) is 5.92 Å². The third kappa shape index (κ3) is 8.77. The maximum Gasteiger partial charge on any atom is 0.416 e. The smallest absolute Gasteiger partial charge is 0.368 e. The largest absolute Gasteiger partial charge is 0.416 e. The zero-order valence-corrected chi connectivity index (χ0v) is 22.8. The summed E-state index contributed by atoms with van der Waals surface area (Å²) >= 11 is 12.2. The van der Waals surface area contributed by atoms with Gasteiger partial charge in [0.25, 0.3) is 0 Å². The van der Waals surface area contributed by atoms with E-state index in [1.54, 1.807) is 18.2 Å². The fourth-order valence-corrected chi connectivity index (χ4v) is 4.99. The number of carbonyl (C=O) groups excluding carboxylic acids is 1. The van der Waals surface area contributed by atoms with Crippen LogP contribution in [0.15, 0.2) is 36.4 Å². The van der Waals surface area contributed by atoms with Crippen LogP contribution in [0.1, 0.15) is 43.4 Å². The van der Waals surface area contributed by atoms with Gasteiger partial charge in [0.2, 0.25) is 5.91 Å². The second-order valence-corrected chi connectivity index (χ2v) is 10.6. The fourth-order valence-electron chi connectivity index (χ4n) is 4.48. The molecule has 3 N–H and O–H groups in total. The second kappa shape index (κ2) is 13.2. The normalized spacial score (nSPS) is 16.1. The van der Waals surface area contributed by atoms with Crippen LogP contribution in [0.3, 0.4) is 0 Å². The highest BCUT2D eigenvalue weighted by Gasteiger charge is 2.32. The molecule has 10 heteroatoms. The SMILES string of the molecule is CC(CCc1cc(C(F)(F)F)ccc1N1CCN(C(=O)CCc2ccc(Cl)cc2Cl)CC1)CNC(C)N. The van der Waals surface area contributed by atoms with Gasteiger partial charge in [-0.05, 0) is 80.1 Å². The molecule has 0 bridgehead atoms.